The summed E-state index contributed by atoms with van der Waals surface area (Å²) in [6.07, 6.45) is -0.331. The van der Waals surface area contributed by atoms with Crippen molar-refractivity contribution in [2.45, 2.75) is 19.6 Å². The van der Waals surface area contributed by atoms with E-state index in [1.54, 1.807) is 28.8 Å². The van der Waals surface area contributed by atoms with E-state index in [9.17, 15) is 13.3 Å². The lowest BCUT2D eigenvalue weighted by molar-refractivity contribution is 0.371. The summed E-state index contributed by atoms with van der Waals surface area (Å²) in [5, 5.41) is 0.276. The molecule has 0 spiro atoms. The Kier molecular flexibility index (Phi) is 4.54. The van der Waals surface area contributed by atoms with Crippen LogP contribution in [0.5, 0.6) is 0 Å². The van der Waals surface area contributed by atoms with Gasteiger partial charge in [0.1, 0.15) is 11.6 Å². The van der Waals surface area contributed by atoms with Gasteiger partial charge in [-0.15, -0.1) is 0 Å². The molecule has 0 aliphatic rings. The summed E-state index contributed by atoms with van der Waals surface area (Å²) in [4.78, 5) is 22.6. The van der Waals surface area contributed by atoms with Crippen molar-refractivity contribution in [3.05, 3.63) is 77.0 Å². The van der Waals surface area contributed by atoms with Crippen molar-refractivity contribution >= 4 is 29.5 Å². The standard InChI is InChI=1S/C20H17F2N2O3P/c1-12-2-7-17-20(23-12)19-16(22)8-15(21)9-18(19)24(17)10-13-3-5-14(6-4-13)11-28(25,26)27/h2-9H,10-11H2,1H3,(H2,25,26,27). The van der Waals surface area contributed by atoms with Crippen LogP contribution in [0.3, 0.4) is 0 Å². The highest BCUT2D eigenvalue weighted by Gasteiger charge is 2.18. The third kappa shape index (κ3) is 3.56. The summed E-state index contributed by atoms with van der Waals surface area (Å²) in [6.45, 7) is 2.15. The molecule has 5 nitrogen and oxygen atoms in total. The first-order valence-electron chi connectivity index (χ1n) is 8.58. The van der Waals surface area contributed by atoms with E-state index < -0.39 is 19.2 Å². The Morgan fingerprint density at radius 2 is 1.68 bits per heavy atom. The van der Waals surface area contributed by atoms with E-state index in [0.717, 1.165) is 17.3 Å². The average Bonchev–Trinajstić information content (AvgIpc) is 2.88. The molecule has 4 rings (SSSR count). The molecule has 0 aliphatic heterocycles. The first-order chi connectivity index (χ1) is 13.2. The lowest BCUT2D eigenvalue weighted by atomic mass is 10.1. The van der Waals surface area contributed by atoms with E-state index in [-0.39, 0.29) is 11.5 Å². The molecule has 0 atom stereocenters. The summed E-state index contributed by atoms with van der Waals surface area (Å²) < 4.78 is 41.3. The maximum atomic E-state index is 14.5. The van der Waals surface area contributed by atoms with Gasteiger partial charge in [-0.2, -0.15) is 0 Å². The zero-order valence-electron chi connectivity index (χ0n) is 14.9. The van der Waals surface area contributed by atoms with E-state index in [2.05, 4.69) is 4.98 Å². The first-order valence-corrected chi connectivity index (χ1v) is 10.4. The zero-order chi connectivity index (χ0) is 20.1. The minimum Gasteiger partial charge on any atom is -0.334 e. The quantitative estimate of drug-likeness (QED) is 0.493. The predicted molar refractivity (Wildman–Crippen MR) is 103 cm³/mol. The largest absolute Gasteiger partial charge is 0.334 e. The summed E-state index contributed by atoms with van der Waals surface area (Å²) in [5.74, 6) is -1.32. The fourth-order valence-corrected chi connectivity index (χ4v) is 4.12. The Balaban J connectivity index is 1.83. The second kappa shape index (κ2) is 6.78. The molecule has 2 N–H and O–H groups in total. The topological polar surface area (TPSA) is 75.4 Å². The number of benzene rings is 2. The normalized spacial score (nSPS) is 12.2. The second-order valence-corrected chi connectivity index (χ2v) is 8.47. The van der Waals surface area contributed by atoms with E-state index in [1.807, 2.05) is 19.1 Å². The van der Waals surface area contributed by atoms with Gasteiger partial charge >= 0.3 is 7.60 Å². The number of rotatable bonds is 4. The van der Waals surface area contributed by atoms with Crippen molar-refractivity contribution in [3.8, 4) is 0 Å². The highest BCUT2D eigenvalue weighted by atomic mass is 31.2. The van der Waals surface area contributed by atoms with Crippen molar-refractivity contribution in [2.75, 3.05) is 0 Å². The maximum Gasteiger partial charge on any atom is 0.329 e. The zero-order valence-corrected chi connectivity index (χ0v) is 15.8. The molecular formula is C20H17F2N2O3P. The Labute approximate surface area is 159 Å². The molecule has 0 saturated heterocycles. The van der Waals surface area contributed by atoms with Crippen molar-refractivity contribution in [1.82, 2.24) is 9.55 Å². The van der Waals surface area contributed by atoms with Crippen LogP contribution in [-0.2, 0) is 17.3 Å². The lowest BCUT2D eigenvalue weighted by Crippen LogP contribution is -2.00. The Morgan fingerprint density at radius 1 is 1.00 bits per heavy atom. The van der Waals surface area contributed by atoms with Gasteiger partial charge in [-0.05, 0) is 36.2 Å². The van der Waals surface area contributed by atoms with Gasteiger partial charge in [0.2, 0.25) is 0 Å². The van der Waals surface area contributed by atoms with Gasteiger partial charge < -0.3 is 14.4 Å². The minimum atomic E-state index is -4.14. The van der Waals surface area contributed by atoms with Crippen LogP contribution in [0.15, 0.2) is 48.5 Å². The highest BCUT2D eigenvalue weighted by Crippen LogP contribution is 2.39. The van der Waals surface area contributed by atoms with Crippen molar-refractivity contribution in [1.29, 1.82) is 0 Å². The summed E-state index contributed by atoms with van der Waals surface area (Å²) in [7, 11) is -4.14. The van der Waals surface area contributed by atoms with Gasteiger partial charge in [0, 0.05) is 18.3 Å². The number of aromatic nitrogens is 2. The fourth-order valence-electron chi connectivity index (χ4n) is 3.43. The number of fused-ring (bicyclic) bond motifs is 3. The van der Waals surface area contributed by atoms with Gasteiger partial charge in [-0.1, -0.05) is 24.3 Å². The van der Waals surface area contributed by atoms with Crippen molar-refractivity contribution in [2.24, 2.45) is 0 Å². The molecule has 2 heterocycles. The molecule has 2 aromatic carbocycles. The van der Waals surface area contributed by atoms with E-state index in [1.165, 1.54) is 6.07 Å². The maximum absolute atomic E-state index is 14.5. The third-order valence-corrected chi connectivity index (χ3v) is 5.40. The SMILES string of the molecule is Cc1ccc2c(n1)c1c(F)cc(F)cc1n2Cc1ccc(CP(=O)(O)O)cc1. The molecule has 8 heteroatoms. The van der Waals surface area contributed by atoms with Crippen LogP contribution in [-0.4, -0.2) is 19.3 Å². The number of halogens is 2. The smallest absolute Gasteiger partial charge is 0.329 e. The number of hydrogen-bond acceptors (Lipinski definition) is 2. The van der Waals surface area contributed by atoms with Crippen LogP contribution < -0.4 is 0 Å². The van der Waals surface area contributed by atoms with Crippen LogP contribution >= 0.6 is 7.60 Å². The molecule has 0 radical (unpaired) electrons. The van der Waals surface area contributed by atoms with Crippen molar-refractivity contribution < 1.29 is 23.1 Å². The molecule has 0 amide bonds. The monoisotopic (exact) mass is 402 g/mol. The van der Waals surface area contributed by atoms with Crippen LogP contribution in [0.4, 0.5) is 8.78 Å². The van der Waals surface area contributed by atoms with Gasteiger partial charge in [0.15, 0.2) is 0 Å². The Morgan fingerprint density at radius 3 is 2.36 bits per heavy atom. The summed E-state index contributed by atoms with van der Waals surface area (Å²) in [6, 6.07) is 12.6. The molecular weight excluding hydrogens is 385 g/mol. The number of hydrogen-bond donors (Lipinski definition) is 2. The van der Waals surface area contributed by atoms with Crippen LogP contribution in [0.2, 0.25) is 0 Å². The molecule has 4 aromatic rings. The van der Waals surface area contributed by atoms with Crippen LogP contribution in [0, 0.1) is 18.6 Å². The van der Waals surface area contributed by atoms with Crippen molar-refractivity contribution in [3.63, 3.8) is 0 Å². The van der Waals surface area contributed by atoms with Crippen LogP contribution in [0.1, 0.15) is 16.8 Å². The molecule has 28 heavy (non-hydrogen) atoms. The highest BCUT2D eigenvalue weighted by molar-refractivity contribution is 7.50. The second-order valence-electron chi connectivity index (χ2n) is 6.83. The molecule has 0 aliphatic carbocycles. The summed E-state index contributed by atoms with van der Waals surface area (Å²) >= 11 is 0. The number of pyridine rings is 1. The van der Waals surface area contributed by atoms with Gasteiger partial charge in [0.05, 0.1) is 28.1 Å². The molecule has 0 fully saturated rings. The molecule has 0 saturated carbocycles. The molecule has 2 aromatic heterocycles. The Hall–Kier alpha value is -2.60. The van der Waals surface area contributed by atoms with E-state index in [4.69, 9.17) is 9.79 Å². The minimum absolute atomic E-state index is 0.276. The molecule has 0 bridgehead atoms. The lowest BCUT2D eigenvalue weighted by Gasteiger charge is -2.09. The predicted octanol–water partition coefficient (Wildman–Crippen LogP) is 4.50. The summed E-state index contributed by atoms with van der Waals surface area (Å²) in [5.41, 5.74) is 3.66. The molecule has 144 valence electrons. The van der Waals surface area contributed by atoms with Crippen LogP contribution in [0.25, 0.3) is 21.9 Å². The fraction of sp³-hybridized carbons (Fsp3) is 0.150. The molecule has 0 unspecified atom stereocenters. The number of nitrogens with zero attached hydrogens (tertiary/aromatic N) is 2. The van der Waals surface area contributed by atoms with E-state index in [0.29, 0.717) is 28.7 Å². The average molecular weight is 402 g/mol. The van der Waals surface area contributed by atoms with Gasteiger partial charge in [-0.25, -0.2) is 8.78 Å². The first kappa shape index (κ1) is 18.7. The van der Waals surface area contributed by atoms with Gasteiger partial charge in [-0.3, -0.25) is 9.55 Å². The number of aryl methyl sites for hydroxylation is 1. The Bertz CT molecular complexity index is 1250. The third-order valence-electron chi connectivity index (χ3n) is 4.62. The van der Waals surface area contributed by atoms with E-state index >= 15 is 0 Å². The van der Waals surface area contributed by atoms with Gasteiger partial charge in [0.25, 0.3) is 0 Å².